The fourth-order valence-electron chi connectivity index (χ4n) is 3.02. The van der Waals surface area contributed by atoms with Gasteiger partial charge in [0.1, 0.15) is 5.82 Å². The standard InChI is InChI=1S/C15H11FN2S.C4H8O/c16-11-2-3-12-13(8-17-14(12)6-11)9-1-4-15-10(5-9)7-18-19-15;1-2-4-5-3-1/h1-6,8,17-18H,7H2;1-4H2. The molecule has 1 aromatic heterocycles. The molecule has 0 aliphatic carbocycles. The van der Waals surface area contributed by atoms with E-state index in [0.29, 0.717) is 0 Å². The molecule has 0 saturated carbocycles. The van der Waals surface area contributed by atoms with Gasteiger partial charge < -0.3 is 9.72 Å². The highest BCUT2D eigenvalue weighted by atomic mass is 32.2. The number of halogens is 1. The quantitative estimate of drug-likeness (QED) is 0.619. The molecule has 2 aliphatic rings. The molecule has 24 heavy (non-hydrogen) atoms. The first-order valence-corrected chi connectivity index (χ1v) is 9.00. The molecule has 0 amide bonds. The molecule has 1 saturated heterocycles. The molecule has 5 heteroatoms. The predicted molar refractivity (Wildman–Crippen MR) is 96.4 cm³/mol. The van der Waals surface area contributed by atoms with E-state index in [0.717, 1.165) is 36.2 Å². The van der Waals surface area contributed by atoms with Crippen molar-refractivity contribution in [1.29, 1.82) is 0 Å². The van der Waals surface area contributed by atoms with Crippen LogP contribution in [0.2, 0.25) is 0 Å². The number of H-pyrrole nitrogens is 1. The number of hydrogen-bond acceptors (Lipinski definition) is 3. The van der Waals surface area contributed by atoms with E-state index in [-0.39, 0.29) is 5.82 Å². The van der Waals surface area contributed by atoms with E-state index in [1.54, 1.807) is 11.9 Å². The molecule has 2 aromatic carbocycles. The minimum Gasteiger partial charge on any atom is -0.381 e. The van der Waals surface area contributed by atoms with Crippen molar-refractivity contribution >= 4 is 22.9 Å². The summed E-state index contributed by atoms with van der Waals surface area (Å²) in [7, 11) is 0. The second-order valence-electron chi connectivity index (χ2n) is 5.96. The first-order chi connectivity index (χ1) is 11.8. The summed E-state index contributed by atoms with van der Waals surface area (Å²) in [5, 5.41) is 1.06. The molecular formula is C19H19FN2OS. The van der Waals surface area contributed by atoms with Crippen LogP contribution in [0.4, 0.5) is 4.39 Å². The van der Waals surface area contributed by atoms with E-state index in [1.807, 2.05) is 12.3 Å². The molecule has 3 heterocycles. The summed E-state index contributed by atoms with van der Waals surface area (Å²) >= 11 is 1.67. The van der Waals surface area contributed by atoms with Gasteiger partial charge in [-0.2, -0.15) is 0 Å². The zero-order valence-corrected chi connectivity index (χ0v) is 14.1. The zero-order chi connectivity index (χ0) is 16.4. The molecule has 0 radical (unpaired) electrons. The van der Waals surface area contributed by atoms with Gasteiger partial charge in [0, 0.05) is 47.3 Å². The van der Waals surface area contributed by atoms with Crippen molar-refractivity contribution in [3.63, 3.8) is 0 Å². The van der Waals surface area contributed by atoms with Crippen molar-refractivity contribution in [3.05, 3.63) is 54.0 Å². The lowest BCUT2D eigenvalue weighted by atomic mass is 10.0. The monoisotopic (exact) mass is 342 g/mol. The maximum absolute atomic E-state index is 13.2. The van der Waals surface area contributed by atoms with Crippen molar-refractivity contribution in [2.75, 3.05) is 13.2 Å². The summed E-state index contributed by atoms with van der Waals surface area (Å²) in [4.78, 5) is 4.42. The summed E-state index contributed by atoms with van der Waals surface area (Å²) in [6.07, 6.45) is 4.50. The Bertz CT molecular complexity index is 850. The van der Waals surface area contributed by atoms with Crippen LogP contribution in [0.1, 0.15) is 18.4 Å². The smallest absolute Gasteiger partial charge is 0.125 e. The van der Waals surface area contributed by atoms with Crippen LogP contribution in [0, 0.1) is 5.82 Å². The molecule has 0 unspecified atom stereocenters. The van der Waals surface area contributed by atoms with Gasteiger partial charge in [-0.15, -0.1) is 0 Å². The number of aromatic amines is 1. The summed E-state index contributed by atoms with van der Waals surface area (Å²) < 4.78 is 21.4. The third kappa shape index (κ3) is 3.20. The van der Waals surface area contributed by atoms with Crippen LogP contribution in [0.5, 0.6) is 0 Å². The van der Waals surface area contributed by atoms with Gasteiger partial charge in [0.2, 0.25) is 0 Å². The number of aromatic nitrogens is 1. The lowest BCUT2D eigenvalue weighted by Crippen LogP contribution is -1.91. The average Bonchev–Trinajstić information content (AvgIpc) is 3.35. The van der Waals surface area contributed by atoms with Gasteiger partial charge in [-0.05, 0) is 66.2 Å². The van der Waals surface area contributed by atoms with Crippen LogP contribution < -0.4 is 4.72 Å². The van der Waals surface area contributed by atoms with E-state index in [4.69, 9.17) is 4.74 Å². The van der Waals surface area contributed by atoms with E-state index >= 15 is 0 Å². The minimum atomic E-state index is -0.213. The number of nitrogens with one attached hydrogen (secondary N) is 2. The van der Waals surface area contributed by atoms with Crippen LogP contribution in [0.25, 0.3) is 22.0 Å². The van der Waals surface area contributed by atoms with Crippen LogP contribution in [-0.2, 0) is 11.3 Å². The highest BCUT2D eigenvalue weighted by molar-refractivity contribution is 7.97. The highest BCUT2D eigenvalue weighted by Crippen LogP contribution is 2.34. The fourth-order valence-corrected chi connectivity index (χ4v) is 3.81. The number of rotatable bonds is 1. The predicted octanol–water partition coefficient (Wildman–Crippen LogP) is 4.88. The van der Waals surface area contributed by atoms with Crippen LogP contribution >= 0.6 is 11.9 Å². The van der Waals surface area contributed by atoms with Crippen LogP contribution in [0.3, 0.4) is 0 Å². The van der Waals surface area contributed by atoms with Crippen LogP contribution in [-0.4, -0.2) is 18.2 Å². The third-order valence-electron chi connectivity index (χ3n) is 4.29. The fraction of sp³-hybridized carbons (Fsp3) is 0.263. The van der Waals surface area contributed by atoms with Gasteiger partial charge >= 0.3 is 0 Å². The molecular weight excluding hydrogens is 323 g/mol. The SMILES string of the molecule is C1CCOC1.Fc1ccc2c(-c3ccc4c(c3)CNS4)c[nH]c2c1. The number of hydrogen-bond donors (Lipinski definition) is 2. The summed E-state index contributed by atoms with van der Waals surface area (Å²) in [5.41, 5.74) is 4.44. The molecule has 5 rings (SSSR count). The normalized spacial score (nSPS) is 16.0. The topological polar surface area (TPSA) is 37.0 Å². The second-order valence-corrected chi connectivity index (χ2v) is 6.89. The van der Waals surface area contributed by atoms with Crippen molar-refractivity contribution in [2.45, 2.75) is 24.3 Å². The Hall–Kier alpha value is -1.82. The van der Waals surface area contributed by atoms with E-state index in [9.17, 15) is 4.39 Å². The molecule has 1 fully saturated rings. The average molecular weight is 342 g/mol. The maximum Gasteiger partial charge on any atom is 0.125 e. The van der Waals surface area contributed by atoms with E-state index in [2.05, 4.69) is 27.9 Å². The van der Waals surface area contributed by atoms with E-state index in [1.165, 1.54) is 41.0 Å². The highest BCUT2D eigenvalue weighted by Gasteiger charge is 2.13. The number of benzene rings is 2. The van der Waals surface area contributed by atoms with Gasteiger partial charge in [0.25, 0.3) is 0 Å². The molecule has 0 bridgehead atoms. The van der Waals surface area contributed by atoms with Crippen molar-refractivity contribution < 1.29 is 9.13 Å². The third-order valence-corrected chi connectivity index (χ3v) is 5.19. The van der Waals surface area contributed by atoms with Gasteiger partial charge in [0.15, 0.2) is 0 Å². The number of fused-ring (bicyclic) bond motifs is 2. The Morgan fingerprint density at radius 3 is 2.71 bits per heavy atom. The Morgan fingerprint density at radius 1 is 1.04 bits per heavy atom. The van der Waals surface area contributed by atoms with E-state index < -0.39 is 0 Å². The molecule has 0 atom stereocenters. The number of ether oxygens (including phenoxy) is 1. The lowest BCUT2D eigenvalue weighted by molar-refractivity contribution is 0.198. The van der Waals surface area contributed by atoms with Gasteiger partial charge in [-0.25, -0.2) is 4.39 Å². The summed E-state index contributed by atoms with van der Waals surface area (Å²) in [6.45, 7) is 2.89. The van der Waals surface area contributed by atoms with Gasteiger partial charge in [0.05, 0.1) is 0 Å². The molecule has 0 spiro atoms. The molecule has 3 aromatic rings. The minimum absolute atomic E-state index is 0.213. The lowest BCUT2D eigenvalue weighted by Gasteiger charge is -2.03. The Labute approximate surface area is 144 Å². The first kappa shape index (κ1) is 15.7. The Kier molecular flexibility index (Phi) is 4.56. The van der Waals surface area contributed by atoms with Gasteiger partial charge in [-0.3, -0.25) is 4.72 Å². The molecule has 2 aliphatic heterocycles. The summed E-state index contributed by atoms with van der Waals surface area (Å²) in [5.74, 6) is -0.213. The Morgan fingerprint density at radius 2 is 1.92 bits per heavy atom. The second kappa shape index (κ2) is 6.97. The van der Waals surface area contributed by atoms with Crippen molar-refractivity contribution in [2.24, 2.45) is 0 Å². The Balaban J connectivity index is 0.000000252. The largest absolute Gasteiger partial charge is 0.381 e. The summed E-state index contributed by atoms with van der Waals surface area (Å²) in [6, 6.07) is 11.3. The first-order valence-electron chi connectivity index (χ1n) is 8.19. The maximum atomic E-state index is 13.2. The molecule has 2 N–H and O–H groups in total. The van der Waals surface area contributed by atoms with Gasteiger partial charge in [-0.1, -0.05) is 6.07 Å². The van der Waals surface area contributed by atoms with Crippen LogP contribution in [0.15, 0.2) is 47.5 Å². The molecule has 3 nitrogen and oxygen atoms in total. The molecule has 124 valence electrons. The van der Waals surface area contributed by atoms with Crippen molar-refractivity contribution in [1.82, 2.24) is 9.71 Å². The zero-order valence-electron chi connectivity index (χ0n) is 13.3. The van der Waals surface area contributed by atoms with Crippen molar-refractivity contribution in [3.8, 4) is 11.1 Å².